The van der Waals surface area contributed by atoms with E-state index in [9.17, 15) is 8.78 Å². The van der Waals surface area contributed by atoms with E-state index in [-0.39, 0.29) is 23.1 Å². The molecular weight excluding hydrogens is 327 g/mol. The molecular formula is C12H7BrClF2NO. The monoisotopic (exact) mass is 333 g/mol. The lowest BCUT2D eigenvalue weighted by Crippen LogP contribution is -1.97. The van der Waals surface area contributed by atoms with Crippen LogP contribution in [-0.4, -0.2) is 4.98 Å². The molecule has 2 nitrogen and oxygen atoms in total. The van der Waals surface area contributed by atoms with E-state index in [2.05, 4.69) is 20.9 Å². The molecule has 0 radical (unpaired) electrons. The van der Waals surface area contributed by atoms with Gasteiger partial charge in [0.1, 0.15) is 0 Å². The molecule has 2 aromatic rings. The van der Waals surface area contributed by atoms with Crippen molar-refractivity contribution in [3.8, 4) is 11.6 Å². The largest absolute Gasteiger partial charge is 0.433 e. The molecule has 0 bridgehead atoms. The Morgan fingerprint density at radius 1 is 1.28 bits per heavy atom. The van der Waals surface area contributed by atoms with Crippen molar-refractivity contribution in [1.29, 1.82) is 0 Å². The molecule has 0 saturated heterocycles. The highest BCUT2D eigenvalue weighted by Crippen LogP contribution is 2.28. The molecule has 0 saturated carbocycles. The molecule has 0 amide bonds. The van der Waals surface area contributed by atoms with Crippen LogP contribution >= 0.6 is 27.5 Å². The molecule has 1 aromatic carbocycles. The average Bonchev–Trinajstić information content (AvgIpc) is 2.35. The van der Waals surface area contributed by atoms with Crippen LogP contribution in [0.2, 0.25) is 0 Å². The Morgan fingerprint density at radius 2 is 2.06 bits per heavy atom. The third kappa shape index (κ3) is 2.79. The molecule has 0 atom stereocenters. The molecule has 6 heteroatoms. The van der Waals surface area contributed by atoms with Gasteiger partial charge >= 0.3 is 0 Å². The number of hydrogen-bond acceptors (Lipinski definition) is 2. The van der Waals surface area contributed by atoms with Crippen LogP contribution in [0.4, 0.5) is 8.78 Å². The number of rotatable bonds is 3. The maximum atomic E-state index is 13.8. The molecule has 0 spiro atoms. The summed E-state index contributed by atoms with van der Waals surface area (Å²) in [5, 5.41) is 0. The predicted octanol–water partition coefficient (Wildman–Crippen LogP) is 4.65. The second-order valence-corrected chi connectivity index (χ2v) is 4.58. The molecule has 0 fully saturated rings. The zero-order valence-electron chi connectivity index (χ0n) is 8.96. The molecule has 0 aliphatic carbocycles. The topological polar surface area (TPSA) is 22.1 Å². The lowest BCUT2D eigenvalue weighted by molar-refractivity contribution is 0.396. The van der Waals surface area contributed by atoms with Gasteiger partial charge in [-0.3, -0.25) is 0 Å². The Balaban J connectivity index is 2.34. The first-order valence-corrected chi connectivity index (χ1v) is 6.27. The van der Waals surface area contributed by atoms with Crippen molar-refractivity contribution in [1.82, 2.24) is 4.98 Å². The van der Waals surface area contributed by atoms with Crippen molar-refractivity contribution in [2.45, 2.75) is 5.88 Å². The fraction of sp³-hybridized carbons (Fsp3) is 0.0833. The zero-order valence-corrected chi connectivity index (χ0v) is 11.3. The zero-order chi connectivity index (χ0) is 13.1. The number of nitrogens with zero attached hydrogens (tertiary/aromatic N) is 1. The van der Waals surface area contributed by atoms with Crippen LogP contribution in [0.25, 0.3) is 0 Å². The molecule has 18 heavy (non-hydrogen) atoms. The number of benzene rings is 1. The molecule has 1 aromatic heterocycles. The summed E-state index contributed by atoms with van der Waals surface area (Å²) in [6, 6.07) is 5.63. The van der Waals surface area contributed by atoms with Crippen molar-refractivity contribution in [2.75, 3.05) is 0 Å². The van der Waals surface area contributed by atoms with Gasteiger partial charge in [-0.05, 0) is 24.3 Å². The summed E-state index contributed by atoms with van der Waals surface area (Å²) in [7, 11) is 0. The highest BCUT2D eigenvalue weighted by Gasteiger charge is 2.13. The fourth-order valence-electron chi connectivity index (χ4n) is 1.30. The highest BCUT2D eigenvalue weighted by molar-refractivity contribution is 9.10. The lowest BCUT2D eigenvalue weighted by Gasteiger charge is -2.08. The minimum Gasteiger partial charge on any atom is -0.433 e. The highest BCUT2D eigenvalue weighted by atomic mass is 79.9. The average molecular weight is 335 g/mol. The van der Waals surface area contributed by atoms with Crippen LogP contribution < -0.4 is 4.74 Å². The van der Waals surface area contributed by atoms with Crippen LogP contribution in [0.3, 0.4) is 0 Å². The summed E-state index contributed by atoms with van der Waals surface area (Å²) in [5.41, 5.74) is 0.249. The predicted molar refractivity (Wildman–Crippen MR) is 67.9 cm³/mol. The van der Waals surface area contributed by atoms with Gasteiger partial charge in [-0.1, -0.05) is 15.9 Å². The number of aromatic nitrogens is 1. The van der Waals surface area contributed by atoms with Gasteiger partial charge in [0, 0.05) is 16.2 Å². The maximum absolute atomic E-state index is 13.8. The van der Waals surface area contributed by atoms with E-state index in [1.807, 2.05) is 0 Å². The van der Waals surface area contributed by atoms with Gasteiger partial charge in [0.2, 0.25) is 0 Å². The standard InChI is InChI=1S/C12H7BrClF2NO/c13-8-1-2-10(9(15)5-8)18-12-11(16)7(6-14)3-4-17-12/h1-5H,6H2. The first kappa shape index (κ1) is 13.2. The Hall–Kier alpha value is -1.20. The van der Waals surface area contributed by atoms with Crippen LogP contribution in [0.5, 0.6) is 11.6 Å². The quantitative estimate of drug-likeness (QED) is 0.762. The number of ether oxygens (including phenoxy) is 1. The molecule has 1 heterocycles. The molecule has 2 rings (SSSR count). The Morgan fingerprint density at radius 3 is 2.72 bits per heavy atom. The van der Waals surface area contributed by atoms with Gasteiger partial charge in [0.25, 0.3) is 5.88 Å². The molecule has 0 aliphatic rings. The summed E-state index contributed by atoms with van der Waals surface area (Å²) in [6.45, 7) is 0. The van der Waals surface area contributed by atoms with Gasteiger partial charge in [0.05, 0.1) is 5.88 Å². The van der Waals surface area contributed by atoms with Crippen LogP contribution in [-0.2, 0) is 5.88 Å². The number of hydrogen-bond donors (Lipinski definition) is 0. The van der Waals surface area contributed by atoms with E-state index >= 15 is 0 Å². The first-order chi connectivity index (χ1) is 8.61. The molecule has 0 aliphatic heterocycles. The first-order valence-electron chi connectivity index (χ1n) is 4.94. The van der Waals surface area contributed by atoms with Gasteiger partial charge < -0.3 is 4.74 Å². The van der Waals surface area contributed by atoms with Gasteiger partial charge in [-0.25, -0.2) is 13.8 Å². The summed E-state index contributed by atoms with van der Waals surface area (Å²) >= 11 is 8.67. The summed E-state index contributed by atoms with van der Waals surface area (Å²) in [4.78, 5) is 3.71. The molecule has 0 N–H and O–H groups in total. The third-order valence-corrected chi connectivity index (χ3v) is 2.96. The lowest BCUT2D eigenvalue weighted by atomic mass is 10.3. The normalized spacial score (nSPS) is 10.4. The minimum absolute atomic E-state index is 0.00642. The van der Waals surface area contributed by atoms with E-state index in [0.717, 1.165) is 0 Å². The smallest absolute Gasteiger partial charge is 0.256 e. The maximum Gasteiger partial charge on any atom is 0.256 e. The van der Waals surface area contributed by atoms with Gasteiger partial charge in [-0.2, -0.15) is 0 Å². The van der Waals surface area contributed by atoms with E-state index in [1.54, 1.807) is 6.07 Å². The van der Waals surface area contributed by atoms with Crippen molar-refractivity contribution in [3.63, 3.8) is 0 Å². The minimum atomic E-state index is -0.685. The van der Waals surface area contributed by atoms with Crippen LogP contribution in [0, 0.1) is 11.6 Å². The van der Waals surface area contributed by atoms with E-state index in [4.69, 9.17) is 16.3 Å². The number of halogens is 4. The van der Waals surface area contributed by atoms with Gasteiger partial charge in [-0.15, -0.1) is 11.6 Å². The Labute approximate surface area is 116 Å². The van der Waals surface area contributed by atoms with E-state index in [0.29, 0.717) is 4.47 Å². The van der Waals surface area contributed by atoms with E-state index in [1.165, 1.54) is 24.4 Å². The van der Waals surface area contributed by atoms with Crippen molar-refractivity contribution < 1.29 is 13.5 Å². The number of alkyl halides is 1. The van der Waals surface area contributed by atoms with Crippen molar-refractivity contribution in [3.05, 3.63) is 52.1 Å². The summed E-state index contributed by atoms with van der Waals surface area (Å²) in [6.07, 6.45) is 1.35. The van der Waals surface area contributed by atoms with Crippen LogP contribution in [0.15, 0.2) is 34.9 Å². The van der Waals surface area contributed by atoms with E-state index < -0.39 is 11.6 Å². The SMILES string of the molecule is Fc1cc(Br)ccc1Oc1nccc(CCl)c1F. The van der Waals surface area contributed by atoms with Crippen molar-refractivity contribution >= 4 is 27.5 Å². The fourth-order valence-corrected chi connectivity index (χ4v) is 1.84. The Bertz CT molecular complexity index is 580. The summed E-state index contributed by atoms with van der Waals surface area (Å²) < 4.78 is 32.9. The van der Waals surface area contributed by atoms with Crippen LogP contribution in [0.1, 0.15) is 5.56 Å². The third-order valence-electron chi connectivity index (χ3n) is 2.18. The molecule has 0 unspecified atom stereocenters. The molecule has 94 valence electrons. The number of pyridine rings is 1. The Kier molecular flexibility index (Phi) is 4.14. The van der Waals surface area contributed by atoms with Crippen molar-refractivity contribution in [2.24, 2.45) is 0 Å². The summed E-state index contributed by atoms with van der Waals surface area (Å²) in [5.74, 6) is -1.70. The second kappa shape index (κ2) is 5.63. The second-order valence-electron chi connectivity index (χ2n) is 3.40. The van der Waals surface area contributed by atoms with Gasteiger partial charge in [0.15, 0.2) is 17.4 Å².